The fourth-order valence-electron chi connectivity index (χ4n) is 1.83. The molecule has 0 aliphatic heterocycles. The molecule has 3 rings (SSSR count). The number of ether oxygens (including phenoxy) is 1. The number of hydrogen-bond acceptors (Lipinski definition) is 7. The Bertz CT molecular complexity index is 767. The lowest BCUT2D eigenvalue weighted by atomic mass is 10.2. The highest BCUT2D eigenvalue weighted by Gasteiger charge is 2.17. The van der Waals surface area contributed by atoms with Gasteiger partial charge in [-0.05, 0) is 18.2 Å². The summed E-state index contributed by atoms with van der Waals surface area (Å²) < 4.78 is 15.4. The first-order valence-electron chi connectivity index (χ1n) is 6.44. The summed E-state index contributed by atoms with van der Waals surface area (Å²) in [6, 6.07) is 11.2. The van der Waals surface area contributed by atoms with Crippen LogP contribution in [0.1, 0.15) is 16.1 Å². The zero-order valence-corrected chi connectivity index (χ0v) is 12.5. The summed E-state index contributed by atoms with van der Waals surface area (Å²) >= 11 is 1.33. The van der Waals surface area contributed by atoms with Crippen molar-refractivity contribution in [2.45, 2.75) is 11.0 Å². The van der Waals surface area contributed by atoms with Crippen molar-refractivity contribution in [3.8, 4) is 11.5 Å². The minimum absolute atomic E-state index is 0.192. The zero-order chi connectivity index (χ0) is 15.4. The summed E-state index contributed by atoms with van der Waals surface area (Å²) in [7, 11) is 1.31. The number of aromatic nitrogens is 2. The number of rotatable bonds is 5. The van der Waals surface area contributed by atoms with Crippen LogP contribution in [0.5, 0.6) is 0 Å². The molecule has 0 spiro atoms. The van der Waals surface area contributed by atoms with Crippen LogP contribution >= 0.6 is 11.8 Å². The molecule has 0 unspecified atom stereocenters. The normalized spacial score (nSPS) is 10.6. The van der Waals surface area contributed by atoms with Crippen LogP contribution in [0.15, 0.2) is 56.7 Å². The molecule has 3 aromatic rings. The molecule has 0 radical (unpaired) electrons. The van der Waals surface area contributed by atoms with Crippen LogP contribution < -0.4 is 0 Å². The maximum absolute atomic E-state index is 11.5. The molecule has 0 N–H and O–H groups in total. The average Bonchev–Trinajstić information content (AvgIpc) is 3.22. The first-order valence-corrected chi connectivity index (χ1v) is 7.43. The number of carbonyl (C=O) groups excluding carboxylic acids is 1. The Morgan fingerprint density at radius 1 is 1.23 bits per heavy atom. The van der Waals surface area contributed by atoms with Crippen LogP contribution in [0.3, 0.4) is 0 Å². The second kappa shape index (κ2) is 6.48. The van der Waals surface area contributed by atoms with Gasteiger partial charge in [0.25, 0.3) is 5.22 Å². The summed E-state index contributed by atoms with van der Waals surface area (Å²) in [5.74, 6) is 0.620. The number of hydrogen-bond donors (Lipinski definition) is 0. The molecule has 7 heteroatoms. The molecule has 112 valence electrons. The van der Waals surface area contributed by atoms with Gasteiger partial charge in [-0.3, -0.25) is 0 Å². The van der Waals surface area contributed by atoms with Gasteiger partial charge in [0.1, 0.15) is 0 Å². The smallest absolute Gasteiger partial charge is 0.374 e. The lowest BCUT2D eigenvalue weighted by Crippen LogP contribution is -2.02. The second-order valence-corrected chi connectivity index (χ2v) is 5.22. The van der Waals surface area contributed by atoms with Gasteiger partial charge in [-0.2, -0.15) is 0 Å². The summed E-state index contributed by atoms with van der Waals surface area (Å²) in [5.41, 5.74) is 1.58. The number of carbonyl (C=O) groups is 1. The molecule has 2 heterocycles. The predicted octanol–water partition coefficient (Wildman–Crippen LogP) is 3.41. The van der Waals surface area contributed by atoms with Gasteiger partial charge in [-0.15, -0.1) is 10.2 Å². The Morgan fingerprint density at radius 3 is 2.82 bits per heavy atom. The largest absolute Gasteiger partial charge is 0.463 e. The molecule has 6 nitrogen and oxygen atoms in total. The topological polar surface area (TPSA) is 78.4 Å². The SMILES string of the molecule is COC(=O)c1occc1CSc1nnc(-c2ccccc2)o1. The monoisotopic (exact) mass is 316 g/mol. The lowest BCUT2D eigenvalue weighted by molar-refractivity contribution is 0.0564. The van der Waals surface area contributed by atoms with Gasteiger partial charge in [-0.25, -0.2) is 4.79 Å². The van der Waals surface area contributed by atoms with Crippen LogP contribution in [-0.4, -0.2) is 23.3 Å². The van der Waals surface area contributed by atoms with Crippen molar-refractivity contribution >= 4 is 17.7 Å². The number of esters is 1. The average molecular weight is 316 g/mol. The van der Waals surface area contributed by atoms with Crippen LogP contribution in [0, 0.1) is 0 Å². The van der Waals surface area contributed by atoms with E-state index in [0.717, 1.165) is 11.1 Å². The van der Waals surface area contributed by atoms with Crippen LogP contribution in [0.2, 0.25) is 0 Å². The molecule has 0 saturated carbocycles. The molecule has 1 aromatic carbocycles. The molecule has 0 amide bonds. The standard InChI is InChI=1S/C15H12N2O4S/c1-19-14(18)12-11(7-8-20-12)9-22-15-17-16-13(21-15)10-5-3-2-4-6-10/h2-8H,9H2,1H3. The number of nitrogens with zero attached hydrogens (tertiary/aromatic N) is 2. The van der Waals surface area contributed by atoms with Crippen molar-refractivity contribution in [2.24, 2.45) is 0 Å². The number of thioether (sulfide) groups is 1. The van der Waals surface area contributed by atoms with E-state index in [2.05, 4.69) is 14.9 Å². The molecule has 0 fully saturated rings. The third-order valence-electron chi connectivity index (χ3n) is 2.90. The molecule has 22 heavy (non-hydrogen) atoms. The third kappa shape index (κ3) is 3.04. The van der Waals surface area contributed by atoms with Crippen LogP contribution in [0.4, 0.5) is 0 Å². The number of methoxy groups -OCH3 is 1. The van der Waals surface area contributed by atoms with Gasteiger partial charge in [0.2, 0.25) is 11.7 Å². The maximum Gasteiger partial charge on any atom is 0.374 e. The Labute approximate surface area is 130 Å². The van der Waals surface area contributed by atoms with Crippen molar-refractivity contribution in [2.75, 3.05) is 7.11 Å². The molecule has 0 aliphatic rings. The van der Waals surface area contributed by atoms with Gasteiger partial charge in [0.05, 0.1) is 13.4 Å². The van der Waals surface area contributed by atoms with E-state index in [1.54, 1.807) is 6.07 Å². The van der Waals surface area contributed by atoms with Gasteiger partial charge in [0, 0.05) is 16.9 Å². The Balaban J connectivity index is 1.69. The van der Waals surface area contributed by atoms with Crippen LogP contribution in [0.25, 0.3) is 11.5 Å². The van der Waals surface area contributed by atoms with E-state index in [4.69, 9.17) is 8.83 Å². The van der Waals surface area contributed by atoms with Crippen molar-refractivity contribution < 1.29 is 18.4 Å². The minimum atomic E-state index is -0.504. The molecular formula is C15H12N2O4S. The van der Waals surface area contributed by atoms with Gasteiger partial charge in [-0.1, -0.05) is 30.0 Å². The molecule has 0 saturated heterocycles. The molecule has 0 atom stereocenters. The maximum atomic E-state index is 11.5. The van der Waals surface area contributed by atoms with Crippen molar-refractivity contribution in [3.63, 3.8) is 0 Å². The Hall–Kier alpha value is -2.54. The van der Waals surface area contributed by atoms with E-state index in [1.165, 1.54) is 25.1 Å². The Morgan fingerprint density at radius 2 is 2.05 bits per heavy atom. The summed E-state index contributed by atoms with van der Waals surface area (Å²) in [4.78, 5) is 11.5. The van der Waals surface area contributed by atoms with E-state index in [1.807, 2.05) is 30.3 Å². The number of furan rings is 1. The zero-order valence-electron chi connectivity index (χ0n) is 11.7. The van der Waals surface area contributed by atoms with Crippen LogP contribution in [-0.2, 0) is 10.5 Å². The number of benzene rings is 1. The van der Waals surface area contributed by atoms with Crippen molar-refractivity contribution in [1.82, 2.24) is 10.2 Å². The van der Waals surface area contributed by atoms with E-state index in [9.17, 15) is 4.79 Å². The third-order valence-corrected chi connectivity index (χ3v) is 3.76. The summed E-state index contributed by atoms with van der Waals surface area (Å²) in [5, 5.41) is 8.42. The van der Waals surface area contributed by atoms with Gasteiger partial charge >= 0.3 is 5.97 Å². The van der Waals surface area contributed by atoms with E-state index in [-0.39, 0.29) is 5.76 Å². The van der Waals surface area contributed by atoms with Crippen molar-refractivity contribution in [3.05, 3.63) is 54.0 Å². The molecule has 0 bridgehead atoms. The first-order chi connectivity index (χ1) is 10.8. The predicted molar refractivity (Wildman–Crippen MR) is 79.3 cm³/mol. The highest BCUT2D eigenvalue weighted by Crippen LogP contribution is 2.27. The first kappa shape index (κ1) is 14.4. The highest BCUT2D eigenvalue weighted by molar-refractivity contribution is 7.98. The fourth-order valence-corrected chi connectivity index (χ4v) is 2.57. The highest BCUT2D eigenvalue weighted by atomic mass is 32.2. The lowest BCUT2D eigenvalue weighted by Gasteiger charge is -1.98. The summed E-state index contributed by atoms with van der Waals surface area (Å²) in [6.07, 6.45) is 1.45. The van der Waals surface area contributed by atoms with Gasteiger partial charge in [0.15, 0.2) is 0 Å². The minimum Gasteiger partial charge on any atom is -0.463 e. The quantitative estimate of drug-likeness (QED) is 0.527. The molecule has 2 aromatic heterocycles. The Kier molecular flexibility index (Phi) is 4.24. The summed E-state index contributed by atoms with van der Waals surface area (Å²) in [6.45, 7) is 0. The van der Waals surface area contributed by atoms with Crippen molar-refractivity contribution in [1.29, 1.82) is 0 Å². The van der Waals surface area contributed by atoms with Gasteiger partial charge < -0.3 is 13.6 Å². The molecular weight excluding hydrogens is 304 g/mol. The van der Waals surface area contributed by atoms with E-state index < -0.39 is 5.97 Å². The molecule has 0 aliphatic carbocycles. The van der Waals surface area contributed by atoms with E-state index >= 15 is 0 Å². The fraction of sp³-hybridized carbons (Fsp3) is 0.133. The second-order valence-electron chi connectivity index (χ2n) is 4.29. The van der Waals surface area contributed by atoms with E-state index in [0.29, 0.717) is 16.9 Å².